The Morgan fingerprint density at radius 1 is 1.28 bits per heavy atom. The first-order valence-electron chi connectivity index (χ1n) is 5.71. The lowest BCUT2D eigenvalue weighted by Crippen LogP contribution is -2.19. The van der Waals surface area contributed by atoms with E-state index >= 15 is 0 Å². The molecule has 0 fully saturated rings. The zero-order valence-corrected chi connectivity index (χ0v) is 11.6. The van der Waals surface area contributed by atoms with E-state index < -0.39 is 0 Å². The number of nitrogens with zero attached hydrogens (tertiary/aromatic N) is 1. The second-order valence-corrected chi connectivity index (χ2v) is 5.09. The van der Waals surface area contributed by atoms with Gasteiger partial charge in [0.25, 0.3) is 0 Å². The van der Waals surface area contributed by atoms with Crippen LogP contribution in [0.1, 0.15) is 30.1 Å². The maximum Gasteiger partial charge on any atom is 0.123 e. The lowest BCUT2D eigenvalue weighted by molar-refractivity contribution is 0.570. The maximum atomic E-state index is 13.3. The first kappa shape index (κ1) is 13.2. The first-order valence-corrected chi connectivity index (χ1v) is 6.50. The Hall–Kier alpha value is -1.26. The van der Waals surface area contributed by atoms with Gasteiger partial charge in [-0.3, -0.25) is 4.98 Å². The van der Waals surface area contributed by atoms with Crippen molar-refractivity contribution in [2.75, 3.05) is 0 Å². The Morgan fingerprint density at radius 3 is 2.72 bits per heavy atom. The van der Waals surface area contributed by atoms with Crippen LogP contribution in [-0.4, -0.2) is 4.98 Å². The van der Waals surface area contributed by atoms with E-state index in [1.54, 1.807) is 12.3 Å². The smallest absolute Gasteiger partial charge is 0.123 e. The van der Waals surface area contributed by atoms with Crippen LogP contribution < -0.4 is 5.73 Å². The van der Waals surface area contributed by atoms with Crippen LogP contribution in [0.25, 0.3) is 0 Å². The topological polar surface area (TPSA) is 38.9 Å². The van der Waals surface area contributed by atoms with Gasteiger partial charge in [0.05, 0.1) is 0 Å². The van der Waals surface area contributed by atoms with Crippen molar-refractivity contribution in [3.05, 3.63) is 64.1 Å². The molecule has 2 unspecified atom stereocenters. The second kappa shape index (κ2) is 5.59. The number of aromatic nitrogens is 1. The average Bonchev–Trinajstić information content (AvgIpc) is 2.41. The molecule has 0 spiro atoms. The monoisotopic (exact) mass is 308 g/mol. The van der Waals surface area contributed by atoms with Crippen LogP contribution in [0.4, 0.5) is 4.39 Å². The fourth-order valence-electron chi connectivity index (χ4n) is 1.87. The summed E-state index contributed by atoms with van der Waals surface area (Å²) < 4.78 is 14.1. The third-order valence-corrected chi connectivity index (χ3v) is 3.73. The minimum atomic E-state index is -0.301. The molecule has 0 aliphatic carbocycles. The summed E-state index contributed by atoms with van der Waals surface area (Å²) >= 11 is 3.40. The molecule has 0 amide bonds. The quantitative estimate of drug-likeness (QED) is 0.937. The van der Waals surface area contributed by atoms with Gasteiger partial charge in [0.15, 0.2) is 0 Å². The molecule has 18 heavy (non-hydrogen) atoms. The van der Waals surface area contributed by atoms with Gasteiger partial charge in [-0.15, -0.1) is 0 Å². The molecule has 1 aromatic heterocycles. The van der Waals surface area contributed by atoms with Gasteiger partial charge in [0.1, 0.15) is 5.82 Å². The second-order valence-electron chi connectivity index (χ2n) is 4.23. The average molecular weight is 309 g/mol. The number of hydrogen-bond acceptors (Lipinski definition) is 2. The Kier molecular flexibility index (Phi) is 4.09. The largest absolute Gasteiger partial charge is 0.323 e. The maximum absolute atomic E-state index is 13.3. The highest BCUT2D eigenvalue weighted by atomic mass is 79.9. The van der Waals surface area contributed by atoms with E-state index in [0.29, 0.717) is 0 Å². The van der Waals surface area contributed by atoms with Crippen molar-refractivity contribution in [3.8, 4) is 0 Å². The first-order chi connectivity index (χ1) is 8.59. The highest BCUT2D eigenvalue weighted by molar-refractivity contribution is 9.10. The van der Waals surface area contributed by atoms with Crippen molar-refractivity contribution in [2.24, 2.45) is 5.73 Å². The van der Waals surface area contributed by atoms with Crippen molar-refractivity contribution in [2.45, 2.75) is 18.9 Å². The van der Waals surface area contributed by atoms with Crippen molar-refractivity contribution in [1.29, 1.82) is 0 Å². The summed E-state index contributed by atoms with van der Waals surface area (Å²) in [7, 11) is 0. The van der Waals surface area contributed by atoms with Crippen molar-refractivity contribution >= 4 is 15.9 Å². The molecular formula is C14H14BrFN2. The van der Waals surface area contributed by atoms with Gasteiger partial charge < -0.3 is 5.73 Å². The van der Waals surface area contributed by atoms with Crippen LogP contribution in [0.15, 0.2) is 47.1 Å². The fourth-order valence-corrected chi connectivity index (χ4v) is 2.38. The van der Waals surface area contributed by atoms with E-state index in [1.807, 2.05) is 25.1 Å². The molecule has 4 heteroatoms. The molecule has 94 valence electrons. The highest BCUT2D eigenvalue weighted by Crippen LogP contribution is 2.32. The summed E-state index contributed by atoms with van der Waals surface area (Å²) in [6.07, 6.45) is 1.74. The van der Waals surface area contributed by atoms with Gasteiger partial charge >= 0.3 is 0 Å². The van der Waals surface area contributed by atoms with Crippen molar-refractivity contribution in [3.63, 3.8) is 0 Å². The molecule has 2 nitrogen and oxygen atoms in total. The van der Waals surface area contributed by atoms with Crippen LogP contribution in [0.2, 0.25) is 0 Å². The summed E-state index contributed by atoms with van der Waals surface area (Å²) in [6.45, 7) is 1.99. The lowest BCUT2D eigenvalue weighted by atomic mass is 9.92. The number of hydrogen-bond donors (Lipinski definition) is 1. The number of pyridine rings is 1. The van der Waals surface area contributed by atoms with Gasteiger partial charge in [-0.1, -0.05) is 28.9 Å². The number of halogens is 2. The van der Waals surface area contributed by atoms with Crippen LogP contribution in [-0.2, 0) is 0 Å². The highest BCUT2D eigenvalue weighted by Gasteiger charge is 2.20. The molecule has 1 aromatic carbocycles. The molecule has 0 saturated heterocycles. The molecule has 1 heterocycles. The molecular weight excluding hydrogens is 295 g/mol. The van der Waals surface area contributed by atoms with Crippen LogP contribution in [0.3, 0.4) is 0 Å². The summed E-state index contributed by atoms with van der Waals surface area (Å²) in [6, 6.07) is 9.96. The third-order valence-electron chi connectivity index (χ3n) is 3.01. The zero-order valence-electron chi connectivity index (χ0n) is 9.98. The molecule has 0 radical (unpaired) electrons. The van der Waals surface area contributed by atoms with E-state index in [1.165, 1.54) is 12.1 Å². The van der Waals surface area contributed by atoms with E-state index in [9.17, 15) is 4.39 Å². The predicted molar refractivity (Wildman–Crippen MR) is 73.7 cm³/mol. The van der Waals surface area contributed by atoms with Gasteiger partial charge in [-0.25, -0.2) is 4.39 Å². The molecule has 0 bridgehead atoms. The molecule has 2 aromatic rings. The van der Waals surface area contributed by atoms with Crippen molar-refractivity contribution in [1.82, 2.24) is 4.98 Å². The SMILES string of the molecule is CC(c1ccccn1)C(N)c1cc(F)ccc1Br. The van der Waals surface area contributed by atoms with Crippen LogP contribution in [0.5, 0.6) is 0 Å². The normalized spacial score (nSPS) is 14.2. The molecule has 0 saturated carbocycles. The molecule has 2 rings (SSSR count). The third kappa shape index (κ3) is 2.76. The van der Waals surface area contributed by atoms with Gasteiger partial charge in [0, 0.05) is 28.3 Å². The van der Waals surface area contributed by atoms with E-state index in [0.717, 1.165) is 15.7 Å². The zero-order chi connectivity index (χ0) is 13.1. The standard InChI is InChI=1S/C14H14BrFN2/c1-9(13-4-2-3-7-18-13)14(17)11-8-10(16)5-6-12(11)15/h2-9,14H,17H2,1H3. The minimum absolute atomic E-state index is 0.0179. The summed E-state index contributed by atoms with van der Waals surface area (Å²) in [5, 5.41) is 0. The van der Waals surface area contributed by atoms with Crippen LogP contribution >= 0.6 is 15.9 Å². The van der Waals surface area contributed by atoms with Crippen molar-refractivity contribution < 1.29 is 4.39 Å². The molecule has 0 aliphatic heterocycles. The van der Waals surface area contributed by atoms with E-state index in [-0.39, 0.29) is 17.8 Å². The number of nitrogens with two attached hydrogens (primary N) is 1. The molecule has 0 aliphatic rings. The molecule has 2 atom stereocenters. The Balaban J connectivity index is 2.31. The minimum Gasteiger partial charge on any atom is -0.323 e. The Morgan fingerprint density at radius 2 is 2.06 bits per heavy atom. The van der Waals surface area contributed by atoms with E-state index in [4.69, 9.17) is 5.73 Å². The van der Waals surface area contributed by atoms with Crippen LogP contribution in [0, 0.1) is 5.82 Å². The number of benzene rings is 1. The fraction of sp³-hybridized carbons (Fsp3) is 0.214. The van der Waals surface area contributed by atoms with Gasteiger partial charge in [-0.05, 0) is 35.9 Å². The summed E-state index contributed by atoms with van der Waals surface area (Å²) in [4.78, 5) is 4.29. The summed E-state index contributed by atoms with van der Waals surface area (Å²) in [5.74, 6) is -0.263. The predicted octanol–water partition coefficient (Wildman–Crippen LogP) is 3.79. The van der Waals surface area contributed by atoms with Gasteiger partial charge in [0.2, 0.25) is 0 Å². The van der Waals surface area contributed by atoms with Gasteiger partial charge in [-0.2, -0.15) is 0 Å². The number of rotatable bonds is 3. The Labute approximate surface area is 114 Å². The summed E-state index contributed by atoms with van der Waals surface area (Å²) in [5.41, 5.74) is 7.86. The Bertz CT molecular complexity index is 531. The lowest BCUT2D eigenvalue weighted by Gasteiger charge is -2.21. The molecule has 2 N–H and O–H groups in total. The van der Waals surface area contributed by atoms with E-state index in [2.05, 4.69) is 20.9 Å².